The van der Waals surface area contributed by atoms with Gasteiger partial charge in [-0.05, 0) is 13.3 Å². The van der Waals surface area contributed by atoms with Crippen LogP contribution in [0.1, 0.15) is 34.1 Å². The molecule has 0 spiro atoms. The number of carbonyl (C=O) groups excluding carboxylic acids is 1. The van der Waals surface area contributed by atoms with Gasteiger partial charge in [-0.2, -0.15) is 0 Å². The molecule has 0 aromatic carbocycles. The van der Waals surface area contributed by atoms with Crippen LogP contribution < -0.4 is 5.73 Å². The Morgan fingerprint density at radius 3 is 2.53 bits per heavy atom. The van der Waals surface area contributed by atoms with Gasteiger partial charge in [0, 0.05) is 12.8 Å². The Morgan fingerprint density at radius 1 is 1.47 bits per heavy atom. The van der Waals surface area contributed by atoms with Gasteiger partial charge in [-0.3, -0.25) is 4.79 Å². The second-order valence-electron chi connectivity index (χ2n) is 4.30. The van der Waals surface area contributed by atoms with Gasteiger partial charge in [0.15, 0.2) is 0 Å². The zero-order valence-corrected chi connectivity index (χ0v) is 9.90. The van der Waals surface area contributed by atoms with Crippen LogP contribution in [0.4, 0.5) is 0 Å². The molecule has 15 heavy (non-hydrogen) atoms. The average Bonchev–Trinajstić information content (AvgIpc) is 2.18. The molecular formula is C11H21NO3. The van der Waals surface area contributed by atoms with Crippen LogP contribution in [-0.2, 0) is 14.3 Å². The van der Waals surface area contributed by atoms with Crippen molar-refractivity contribution in [2.24, 2.45) is 11.7 Å². The smallest absolute Gasteiger partial charge is 0.302 e. The van der Waals surface area contributed by atoms with Crippen molar-refractivity contribution in [1.29, 1.82) is 0 Å². The molecule has 0 unspecified atom stereocenters. The van der Waals surface area contributed by atoms with Crippen LogP contribution in [0, 0.1) is 5.92 Å². The van der Waals surface area contributed by atoms with Crippen LogP contribution in [0.3, 0.4) is 0 Å². The van der Waals surface area contributed by atoms with E-state index in [2.05, 4.69) is 6.92 Å². The first-order valence-corrected chi connectivity index (χ1v) is 5.55. The molecule has 88 valence electrons. The van der Waals surface area contributed by atoms with Gasteiger partial charge in [0.25, 0.3) is 0 Å². The molecule has 1 saturated heterocycles. The van der Waals surface area contributed by atoms with Crippen LogP contribution in [0.2, 0.25) is 0 Å². The fourth-order valence-electron chi connectivity index (χ4n) is 2.17. The highest BCUT2D eigenvalue weighted by molar-refractivity contribution is 5.66. The van der Waals surface area contributed by atoms with E-state index < -0.39 is 0 Å². The predicted molar refractivity (Wildman–Crippen MR) is 57.3 cm³/mol. The van der Waals surface area contributed by atoms with E-state index in [9.17, 15) is 4.79 Å². The number of hydrogen-bond donors (Lipinski definition) is 1. The topological polar surface area (TPSA) is 61.6 Å². The number of rotatable bonds is 2. The Balaban J connectivity index is 2.74. The summed E-state index contributed by atoms with van der Waals surface area (Å²) in [6.45, 7) is 7.43. The molecule has 2 N–H and O–H groups in total. The number of nitrogens with two attached hydrogens (primary N) is 1. The third-order valence-corrected chi connectivity index (χ3v) is 3.12. The summed E-state index contributed by atoms with van der Waals surface area (Å²) in [6.07, 6.45) is 0.756. The second-order valence-corrected chi connectivity index (χ2v) is 4.30. The summed E-state index contributed by atoms with van der Waals surface area (Å²) in [5.41, 5.74) is 5.98. The minimum Gasteiger partial charge on any atom is -0.460 e. The molecule has 0 saturated carbocycles. The van der Waals surface area contributed by atoms with Crippen LogP contribution in [0.15, 0.2) is 0 Å². The van der Waals surface area contributed by atoms with Crippen LogP contribution >= 0.6 is 0 Å². The van der Waals surface area contributed by atoms with Crippen molar-refractivity contribution in [1.82, 2.24) is 0 Å². The first kappa shape index (κ1) is 12.5. The summed E-state index contributed by atoms with van der Waals surface area (Å²) in [5, 5.41) is 0. The Hall–Kier alpha value is -0.610. The van der Waals surface area contributed by atoms with Crippen LogP contribution in [-0.4, -0.2) is 30.3 Å². The SMILES string of the molecule is CC[C@H]1O[C@@H](C)[C@H](N)[C@@H](OC(C)=O)[C@@H]1C. The Labute approximate surface area is 91.1 Å². The van der Waals surface area contributed by atoms with E-state index in [-0.39, 0.29) is 36.2 Å². The first-order chi connectivity index (χ1) is 6.97. The molecule has 0 bridgehead atoms. The number of hydrogen-bond acceptors (Lipinski definition) is 4. The van der Waals surface area contributed by atoms with Crippen molar-refractivity contribution >= 4 is 5.97 Å². The molecule has 5 atom stereocenters. The molecule has 0 aromatic rings. The van der Waals surface area contributed by atoms with Gasteiger partial charge in [0.1, 0.15) is 6.10 Å². The largest absolute Gasteiger partial charge is 0.460 e. The van der Waals surface area contributed by atoms with Crippen molar-refractivity contribution in [2.45, 2.75) is 58.5 Å². The average molecular weight is 215 g/mol. The standard InChI is InChI=1S/C11H21NO3/c1-5-9-6(2)11(15-8(4)13)10(12)7(3)14-9/h6-7,9-11H,5,12H2,1-4H3/t6-,7+,9-,10+,11+/m1/s1. The summed E-state index contributed by atoms with van der Waals surface area (Å²) < 4.78 is 11.0. The Kier molecular flexibility index (Phi) is 4.11. The molecule has 1 rings (SSSR count). The zero-order valence-electron chi connectivity index (χ0n) is 9.90. The highest BCUT2D eigenvalue weighted by atomic mass is 16.6. The molecule has 0 aromatic heterocycles. The minimum absolute atomic E-state index is 0.0597. The fraction of sp³-hybridized carbons (Fsp3) is 0.909. The maximum absolute atomic E-state index is 11.0. The van der Waals surface area contributed by atoms with Crippen molar-refractivity contribution in [3.8, 4) is 0 Å². The van der Waals surface area contributed by atoms with E-state index in [4.69, 9.17) is 15.2 Å². The lowest BCUT2D eigenvalue weighted by atomic mass is 9.86. The summed E-state index contributed by atoms with van der Waals surface area (Å²) in [5.74, 6) is -0.114. The summed E-state index contributed by atoms with van der Waals surface area (Å²) in [4.78, 5) is 11.0. The van der Waals surface area contributed by atoms with E-state index >= 15 is 0 Å². The summed E-state index contributed by atoms with van der Waals surface area (Å²) in [6, 6.07) is -0.230. The third kappa shape index (κ3) is 2.69. The maximum atomic E-state index is 11.0. The molecular weight excluding hydrogens is 194 g/mol. The van der Waals surface area contributed by atoms with Crippen molar-refractivity contribution in [2.75, 3.05) is 0 Å². The Bertz CT molecular complexity index is 232. The molecule has 0 radical (unpaired) electrons. The van der Waals surface area contributed by atoms with E-state index in [1.165, 1.54) is 6.92 Å². The normalized spacial score (nSPS) is 41.3. The molecule has 4 nitrogen and oxygen atoms in total. The predicted octanol–water partition coefficient (Wildman–Crippen LogP) is 1.08. The van der Waals surface area contributed by atoms with Gasteiger partial charge in [-0.25, -0.2) is 0 Å². The van der Waals surface area contributed by atoms with E-state index in [1.807, 2.05) is 13.8 Å². The van der Waals surface area contributed by atoms with E-state index in [0.717, 1.165) is 6.42 Å². The van der Waals surface area contributed by atoms with Crippen LogP contribution in [0.5, 0.6) is 0 Å². The van der Waals surface area contributed by atoms with Gasteiger partial charge < -0.3 is 15.2 Å². The highest BCUT2D eigenvalue weighted by Gasteiger charge is 2.41. The van der Waals surface area contributed by atoms with Crippen molar-refractivity contribution in [3.63, 3.8) is 0 Å². The second kappa shape index (κ2) is 4.94. The van der Waals surface area contributed by atoms with Crippen LogP contribution in [0.25, 0.3) is 0 Å². The number of ether oxygens (including phenoxy) is 2. The number of carbonyl (C=O) groups is 1. The highest BCUT2D eigenvalue weighted by Crippen LogP contribution is 2.28. The molecule has 0 aliphatic carbocycles. The molecule has 1 aliphatic heterocycles. The lowest BCUT2D eigenvalue weighted by Crippen LogP contribution is -2.57. The van der Waals surface area contributed by atoms with Crippen molar-refractivity contribution in [3.05, 3.63) is 0 Å². The Morgan fingerprint density at radius 2 is 2.07 bits per heavy atom. The minimum atomic E-state index is -0.272. The first-order valence-electron chi connectivity index (χ1n) is 5.55. The van der Waals surface area contributed by atoms with E-state index in [1.54, 1.807) is 0 Å². The van der Waals surface area contributed by atoms with Crippen molar-refractivity contribution < 1.29 is 14.3 Å². The van der Waals surface area contributed by atoms with Gasteiger partial charge in [-0.15, -0.1) is 0 Å². The quantitative estimate of drug-likeness (QED) is 0.700. The molecule has 4 heteroatoms. The maximum Gasteiger partial charge on any atom is 0.302 e. The lowest BCUT2D eigenvalue weighted by molar-refractivity contribution is -0.175. The zero-order chi connectivity index (χ0) is 11.6. The summed E-state index contributed by atoms with van der Waals surface area (Å²) >= 11 is 0. The molecule has 1 fully saturated rings. The monoisotopic (exact) mass is 215 g/mol. The van der Waals surface area contributed by atoms with Gasteiger partial charge in [-0.1, -0.05) is 13.8 Å². The van der Waals surface area contributed by atoms with Gasteiger partial charge in [0.05, 0.1) is 18.2 Å². The molecule has 0 amide bonds. The fourth-order valence-corrected chi connectivity index (χ4v) is 2.17. The van der Waals surface area contributed by atoms with E-state index in [0.29, 0.717) is 0 Å². The third-order valence-electron chi connectivity index (χ3n) is 3.12. The van der Waals surface area contributed by atoms with Gasteiger partial charge >= 0.3 is 5.97 Å². The molecule has 1 aliphatic rings. The lowest BCUT2D eigenvalue weighted by Gasteiger charge is -2.42. The van der Waals surface area contributed by atoms with Gasteiger partial charge in [0.2, 0.25) is 0 Å². The molecule has 1 heterocycles. The summed E-state index contributed by atoms with van der Waals surface area (Å²) in [7, 11) is 0. The number of esters is 1.